The average Bonchev–Trinajstić information content (AvgIpc) is 3.30. The average molecular weight is 401 g/mol. The zero-order chi connectivity index (χ0) is 20.8. The van der Waals surface area contributed by atoms with Gasteiger partial charge in [0.1, 0.15) is 5.75 Å². The predicted molar refractivity (Wildman–Crippen MR) is 118 cm³/mol. The molecule has 4 rings (SSSR count). The molecule has 1 N–H and O–H groups in total. The summed E-state index contributed by atoms with van der Waals surface area (Å²) in [7, 11) is 0. The SMILES string of the molecule is CCOc1cc(-c2cccnc2)nc2cc(C(=O)NCCCC3=NN=CC3)ccc12. The summed E-state index contributed by atoms with van der Waals surface area (Å²) in [5, 5.41) is 11.8. The summed E-state index contributed by atoms with van der Waals surface area (Å²) in [6, 6.07) is 11.2. The molecule has 7 heteroatoms. The molecular formula is C23H23N5O2. The number of benzene rings is 1. The normalized spacial score (nSPS) is 12.8. The Kier molecular flexibility index (Phi) is 6.08. The quantitative estimate of drug-likeness (QED) is 0.577. The second-order valence-corrected chi connectivity index (χ2v) is 6.94. The molecule has 0 atom stereocenters. The standard InChI is InChI=1S/C23H23N5O2/c1-2-30-22-14-20(17-5-3-10-24-15-17)27-21-13-16(7-8-19(21)22)23(29)25-11-4-6-18-9-12-26-28-18/h3,5,7-8,10,12-15H,2,4,6,9,11H2,1H3,(H,25,29). The van der Waals surface area contributed by atoms with Crippen LogP contribution < -0.4 is 10.1 Å². The molecule has 0 aliphatic carbocycles. The van der Waals surface area contributed by atoms with Crippen LogP contribution in [0.2, 0.25) is 0 Å². The fraction of sp³-hybridized carbons (Fsp3) is 0.261. The number of hydrogen-bond donors (Lipinski definition) is 1. The van der Waals surface area contributed by atoms with E-state index in [1.807, 2.05) is 37.3 Å². The van der Waals surface area contributed by atoms with Gasteiger partial charge in [-0.15, -0.1) is 0 Å². The third-order valence-corrected chi connectivity index (χ3v) is 4.83. The van der Waals surface area contributed by atoms with Crippen LogP contribution in [0.15, 0.2) is 59.0 Å². The van der Waals surface area contributed by atoms with E-state index in [1.165, 1.54) is 0 Å². The summed E-state index contributed by atoms with van der Waals surface area (Å²) in [6.07, 6.45) is 7.77. The molecule has 3 aromatic rings. The van der Waals surface area contributed by atoms with Crippen molar-refractivity contribution in [3.63, 3.8) is 0 Å². The number of rotatable bonds is 8. The van der Waals surface area contributed by atoms with Crippen LogP contribution in [-0.2, 0) is 0 Å². The Morgan fingerprint density at radius 1 is 1.23 bits per heavy atom. The van der Waals surface area contributed by atoms with Gasteiger partial charge >= 0.3 is 0 Å². The van der Waals surface area contributed by atoms with Gasteiger partial charge in [-0.1, -0.05) is 0 Å². The molecule has 1 aliphatic rings. The zero-order valence-corrected chi connectivity index (χ0v) is 16.8. The summed E-state index contributed by atoms with van der Waals surface area (Å²) >= 11 is 0. The number of ether oxygens (including phenoxy) is 1. The molecule has 0 unspecified atom stereocenters. The Balaban J connectivity index is 1.53. The highest BCUT2D eigenvalue weighted by molar-refractivity contribution is 6.00. The summed E-state index contributed by atoms with van der Waals surface area (Å²) in [4.78, 5) is 21.5. The Morgan fingerprint density at radius 2 is 2.17 bits per heavy atom. The van der Waals surface area contributed by atoms with Crippen LogP contribution in [0.25, 0.3) is 22.2 Å². The zero-order valence-electron chi connectivity index (χ0n) is 16.8. The first-order valence-corrected chi connectivity index (χ1v) is 10.1. The van der Waals surface area contributed by atoms with Gasteiger partial charge in [0.05, 0.1) is 17.8 Å². The van der Waals surface area contributed by atoms with Crippen LogP contribution in [0.1, 0.15) is 36.5 Å². The number of amides is 1. The van der Waals surface area contributed by atoms with Gasteiger partial charge in [-0.2, -0.15) is 10.2 Å². The smallest absolute Gasteiger partial charge is 0.251 e. The van der Waals surface area contributed by atoms with Crippen LogP contribution >= 0.6 is 0 Å². The molecular weight excluding hydrogens is 378 g/mol. The van der Waals surface area contributed by atoms with Gasteiger partial charge in [-0.05, 0) is 50.1 Å². The Labute approximate surface area is 174 Å². The maximum Gasteiger partial charge on any atom is 0.251 e. The molecule has 0 radical (unpaired) electrons. The van der Waals surface area contributed by atoms with Crippen LogP contribution in [0.3, 0.4) is 0 Å². The molecule has 3 heterocycles. The van der Waals surface area contributed by atoms with E-state index in [-0.39, 0.29) is 5.91 Å². The predicted octanol–water partition coefficient (Wildman–Crippen LogP) is 4.04. The lowest BCUT2D eigenvalue weighted by Crippen LogP contribution is -2.24. The summed E-state index contributed by atoms with van der Waals surface area (Å²) in [6.45, 7) is 3.08. The second kappa shape index (κ2) is 9.26. The van der Waals surface area contributed by atoms with E-state index in [9.17, 15) is 4.79 Å². The minimum Gasteiger partial charge on any atom is -0.493 e. The monoisotopic (exact) mass is 401 g/mol. The largest absolute Gasteiger partial charge is 0.493 e. The van der Waals surface area contributed by atoms with E-state index in [4.69, 9.17) is 9.72 Å². The van der Waals surface area contributed by atoms with Gasteiger partial charge in [0.2, 0.25) is 0 Å². The van der Waals surface area contributed by atoms with Gasteiger partial charge in [-0.3, -0.25) is 9.78 Å². The molecule has 1 aliphatic heterocycles. The Bertz CT molecular complexity index is 1110. The topological polar surface area (TPSA) is 88.8 Å². The highest BCUT2D eigenvalue weighted by atomic mass is 16.5. The van der Waals surface area contributed by atoms with Crippen molar-refractivity contribution in [3.05, 3.63) is 54.4 Å². The summed E-state index contributed by atoms with van der Waals surface area (Å²) in [5.41, 5.74) is 4.00. The van der Waals surface area contributed by atoms with E-state index in [0.717, 1.165) is 47.4 Å². The summed E-state index contributed by atoms with van der Waals surface area (Å²) in [5.74, 6) is 0.626. The first-order chi connectivity index (χ1) is 14.7. The van der Waals surface area contributed by atoms with Gasteiger partial charge in [0.15, 0.2) is 0 Å². The van der Waals surface area contributed by atoms with Crippen molar-refractivity contribution in [1.29, 1.82) is 0 Å². The number of hydrogen-bond acceptors (Lipinski definition) is 6. The highest BCUT2D eigenvalue weighted by Crippen LogP contribution is 2.30. The maximum atomic E-state index is 12.6. The number of carbonyl (C=O) groups excluding carboxylic acids is 1. The molecule has 0 spiro atoms. The first kappa shape index (κ1) is 19.7. The first-order valence-electron chi connectivity index (χ1n) is 10.1. The van der Waals surface area contributed by atoms with E-state index < -0.39 is 0 Å². The van der Waals surface area contributed by atoms with Gasteiger partial charge < -0.3 is 10.1 Å². The van der Waals surface area contributed by atoms with Gasteiger partial charge in [0.25, 0.3) is 5.91 Å². The van der Waals surface area contributed by atoms with E-state index >= 15 is 0 Å². The van der Waals surface area contributed by atoms with Crippen LogP contribution in [0, 0.1) is 0 Å². The van der Waals surface area contributed by atoms with Crippen molar-refractivity contribution in [2.24, 2.45) is 10.2 Å². The number of aromatic nitrogens is 2. The van der Waals surface area contributed by atoms with Crippen LogP contribution in [0.5, 0.6) is 5.75 Å². The fourth-order valence-electron chi connectivity index (χ4n) is 3.33. The van der Waals surface area contributed by atoms with Crippen molar-refractivity contribution in [2.45, 2.75) is 26.2 Å². The maximum absolute atomic E-state index is 12.6. The molecule has 1 amide bonds. The Hall–Kier alpha value is -3.61. The second-order valence-electron chi connectivity index (χ2n) is 6.94. The van der Waals surface area contributed by atoms with Crippen LogP contribution in [-0.4, -0.2) is 41.0 Å². The molecule has 30 heavy (non-hydrogen) atoms. The summed E-state index contributed by atoms with van der Waals surface area (Å²) < 4.78 is 5.83. The number of fused-ring (bicyclic) bond motifs is 1. The van der Waals surface area contributed by atoms with E-state index in [2.05, 4.69) is 20.5 Å². The van der Waals surface area contributed by atoms with E-state index in [0.29, 0.717) is 24.2 Å². The molecule has 0 saturated carbocycles. The lowest BCUT2D eigenvalue weighted by molar-refractivity contribution is 0.0953. The molecule has 1 aromatic carbocycles. The lowest BCUT2D eigenvalue weighted by atomic mass is 10.1. The van der Waals surface area contributed by atoms with Crippen molar-refractivity contribution < 1.29 is 9.53 Å². The van der Waals surface area contributed by atoms with Crippen LogP contribution in [0.4, 0.5) is 0 Å². The molecule has 0 fully saturated rings. The molecule has 152 valence electrons. The molecule has 7 nitrogen and oxygen atoms in total. The minimum absolute atomic E-state index is 0.118. The van der Waals surface area contributed by atoms with E-state index in [1.54, 1.807) is 24.7 Å². The minimum atomic E-state index is -0.118. The van der Waals surface area contributed by atoms with Crippen molar-refractivity contribution >= 4 is 28.7 Å². The molecule has 2 aromatic heterocycles. The fourth-order valence-corrected chi connectivity index (χ4v) is 3.33. The number of nitrogens with zero attached hydrogens (tertiary/aromatic N) is 4. The van der Waals surface area contributed by atoms with Crippen molar-refractivity contribution in [2.75, 3.05) is 13.2 Å². The van der Waals surface area contributed by atoms with Crippen molar-refractivity contribution in [1.82, 2.24) is 15.3 Å². The Morgan fingerprint density at radius 3 is 2.93 bits per heavy atom. The lowest BCUT2D eigenvalue weighted by Gasteiger charge is -2.12. The third kappa shape index (κ3) is 4.51. The highest BCUT2D eigenvalue weighted by Gasteiger charge is 2.12. The van der Waals surface area contributed by atoms with Gasteiger partial charge in [0, 0.05) is 59.9 Å². The number of carbonyl (C=O) groups is 1. The van der Waals surface area contributed by atoms with Crippen molar-refractivity contribution in [3.8, 4) is 17.0 Å². The number of pyridine rings is 2. The number of nitrogens with one attached hydrogen (secondary N) is 1. The molecule has 0 saturated heterocycles. The third-order valence-electron chi connectivity index (χ3n) is 4.83. The van der Waals surface area contributed by atoms with Gasteiger partial charge in [-0.25, -0.2) is 4.98 Å². The molecule has 0 bridgehead atoms.